The van der Waals surface area contributed by atoms with Crippen LogP contribution >= 0.6 is 0 Å². The highest BCUT2D eigenvalue weighted by Gasteiger charge is 2.36. The zero-order valence-corrected chi connectivity index (χ0v) is 13.4. The van der Waals surface area contributed by atoms with Crippen molar-refractivity contribution in [2.24, 2.45) is 0 Å². The molecule has 1 atom stereocenters. The Bertz CT molecular complexity index is 500. The third kappa shape index (κ3) is 3.47. The SMILES string of the molecule is CC(C)OC1CC(NC2CCCN(c3cccnc3)C2=O)C1. The molecular formula is C17H25N3O2. The number of hydrogen-bond acceptors (Lipinski definition) is 4. The molecule has 5 heteroatoms. The Morgan fingerprint density at radius 1 is 1.41 bits per heavy atom. The molecule has 0 bridgehead atoms. The fourth-order valence-corrected chi connectivity index (χ4v) is 3.28. The first-order chi connectivity index (χ1) is 10.6. The Morgan fingerprint density at radius 2 is 2.23 bits per heavy atom. The molecule has 22 heavy (non-hydrogen) atoms. The fraction of sp³-hybridized carbons (Fsp3) is 0.647. The van der Waals surface area contributed by atoms with Crippen LogP contribution in [0.3, 0.4) is 0 Å². The van der Waals surface area contributed by atoms with Gasteiger partial charge in [0, 0.05) is 18.8 Å². The van der Waals surface area contributed by atoms with Gasteiger partial charge in [0.15, 0.2) is 0 Å². The molecule has 2 aliphatic rings. The smallest absolute Gasteiger partial charge is 0.244 e. The van der Waals surface area contributed by atoms with Crippen molar-refractivity contribution in [1.29, 1.82) is 0 Å². The van der Waals surface area contributed by atoms with Gasteiger partial charge in [-0.05, 0) is 51.7 Å². The molecule has 1 aliphatic heterocycles. The topological polar surface area (TPSA) is 54.5 Å². The Morgan fingerprint density at radius 3 is 2.91 bits per heavy atom. The molecule has 1 N–H and O–H groups in total. The molecule has 0 aromatic carbocycles. The molecule has 2 heterocycles. The van der Waals surface area contributed by atoms with E-state index in [4.69, 9.17) is 4.74 Å². The van der Waals surface area contributed by atoms with Crippen LogP contribution in [0.15, 0.2) is 24.5 Å². The van der Waals surface area contributed by atoms with Crippen molar-refractivity contribution in [3.63, 3.8) is 0 Å². The standard InChI is InChI=1S/C17H25N3O2/c1-12(2)22-15-9-13(10-15)19-16-6-4-8-20(17(16)21)14-5-3-7-18-11-14/h3,5,7,11-13,15-16,19H,4,6,8-10H2,1-2H3. The number of anilines is 1. The van der Waals surface area contributed by atoms with Gasteiger partial charge in [0.05, 0.1) is 30.1 Å². The van der Waals surface area contributed by atoms with Crippen LogP contribution in [-0.4, -0.2) is 41.7 Å². The summed E-state index contributed by atoms with van der Waals surface area (Å²) in [6, 6.07) is 4.16. The van der Waals surface area contributed by atoms with Gasteiger partial charge in [-0.1, -0.05) is 0 Å². The number of amides is 1. The predicted molar refractivity (Wildman–Crippen MR) is 85.8 cm³/mol. The number of rotatable bonds is 5. The summed E-state index contributed by atoms with van der Waals surface area (Å²) < 4.78 is 5.78. The Labute approximate surface area is 132 Å². The van der Waals surface area contributed by atoms with Crippen molar-refractivity contribution in [2.75, 3.05) is 11.4 Å². The maximum absolute atomic E-state index is 12.7. The Kier molecular flexibility index (Phi) is 4.74. The van der Waals surface area contributed by atoms with Gasteiger partial charge in [-0.2, -0.15) is 0 Å². The van der Waals surface area contributed by atoms with Crippen molar-refractivity contribution in [1.82, 2.24) is 10.3 Å². The van der Waals surface area contributed by atoms with Crippen molar-refractivity contribution in [3.05, 3.63) is 24.5 Å². The largest absolute Gasteiger partial charge is 0.375 e. The molecule has 1 aromatic rings. The predicted octanol–water partition coefficient (Wildman–Crippen LogP) is 2.12. The highest BCUT2D eigenvalue weighted by molar-refractivity contribution is 5.97. The third-order valence-corrected chi connectivity index (χ3v) is 4.39. The number of piperidine rings is 1. The van der Waals surface area contributed by atoms with Gasteiger partial charge in [-0.25, -0.2) is 0 Å². The molecule has 1 unspecified atom stereocenters. The average Bonchev–Trinajstić information content (AvgIpc) is 2.47. The van der Waals surface area contributed by atoms with Gasteiger partial charge >= 0.3 is 0 Å². The number of hydrogen-bond donors (Lipinski definition) is 1. The molecule has 0 spiro atoms. The molecular weight excluding hydrogens is 278 g/mol. The quantitative estimate of drug-likeness (QED) is 0.905. The molecule has 5 nitrogen and oxygen atoms in total. The summed E-state index contributed by atoms with van der Waals surface area (Å²) in [7, 11) is 0. The van der Waals surface area contributed by atoms with Crippen LogP contribution in [0.2, 0.25) is 0 Å². The minimum Gasteiger partial charge on any atom is -0.375 e. The number of pyridine rings is 1. The summed E-state index contributed by atoms with van der Waals surface area (Å²) >= 11 is 0. The van der Waals surface area contributed by atoms with E-state index in [2.05, 4.69) is 24.1 Å². The molecule has 1 aromatic heterocycles. The van der Waals surface area contributed by atoms with Crippen molar-refractivity contribution in [2.45, 2.75) is 63.8 Å². The lowest BCUT2D eigenvalue weighted by molar-refractivity contribution is -0.123. The number of carbonyl (C=O) groups excluding carboxylic acids is 1. The summed E-state index contributed by atoms with van der Waals surface area (Å²) in [6.07, 6.45) is 8.09. The third-order valence-electron chi connectivity index (χ3n) is 4.39. The highest BCUT2D eigenvalue weighted by atomic mass is 16.5. The molecule has 0 radical (unpaired) electrons. The first kappa shape index (κ1) is 15.4. The Hall–Kier alpha value is -1.46. The van der Waals surface area contributed by atoms with Gasteiger partial charge in [0.2, 0.25) is 5.91 Å². The molecule has 120 valence electrons. The van der Waals surface area contributed by atoms with E-state index >= 15 is 0 Å². The van der Waals surface area contributed by atoms with Crippen LogP contribution in [0.4, 0.5) is 5.69 Å². The van der Waals surface area contributed by atoms with Crippen LogP contribution in [0.25, 0.3) is 0 Å². The lowest BCUT2D eigenvalue weighted by atomic mass is 9.87. The molecule has 3 rings (SSSR count). The lowest BCUT2D eigenvalue weighted by Crippen LogP contribution is -2.57. The number of carbonyl (C=O) groups is 1. The van der Waals surface area contributed by atoms with Crippen molar-refractivity contribution >= 4 is 11.6 Å². The van der Waals surface area contributed by atoms with Gasteiger partial charge in [-0.15, -0.1) is 0 Å². The molecule has 1 aliphatic carbocycles. The van der Waals surface area contributed by atoms with Crippen molar-refractivity contribution < 1.29 is 9.53 Å². The molecule has 1 saturated heterocycles. The number of aromatic nitrogens is 1. The van der Waals surface area contributed by atoms with Gasteiger partial charge in [0.25, 0.3) is 0 Å². The summed E-state index contributed by atoms with van der Waals surface area (Å²) in [4.78, 5) is 18.6. The lowest BCUT2D eigenvalue weighted by Gasteiger charge is -2.41. The van der Waals surface area contributed by atoms with Crippen LogP contribution in [0.1, 0.15) is 39.5 Å². The van der Waals surface area contributed by atoms with Crippen LogP contribution < -0.4 is 10.2 Å². The van der Waals surface area contributed by atoms with Crippen LogP contribution in [0.5, 0.6) is 0 Å². The zero-order chi connectivity index (χ0) is 15.5. The van der Waals surface area contributed by atoms with E-state index in [1.807, 2.05) is 17.0 Å². The fourth-order valence-electron chi connectivity index (χ4n) is 3.28. The minimum absolute atomic E-state index is 0.0704. The summed E-state index contributed by atoms with van der Waals surface area (Å²) in [5, 5.41) is 3.52. The number of ether oxygens (including phenoxy) is 1. The second-order valence-electron chi connectivity index (χ2n) is 6.54. The second-order valence-corrected chi connectivity index (χ2v) is 6.54. The van der Waals surface area contributed by atoms with E-state index in [0.29, 0.717) is 12.1 Å². The van der Waals surface area contributed by atoms with Crippen LogP contribution in [-0.2, 0) is 9.53 Å². The number of nitrogens with one attached hydrogen (secondary N) is 1. The maximum Gasteiger partial charge on any atom is 0.244 e. The van der Waals surface area contributed by atoms with E-state index in [9.17, 15) is 4.79 Å². The van der Waals surface area contributed by atoms with Gasteiger partial charge in [-0.3, -0.25) is 9.78 Å². The maximum atomic E-state index is 12.7. The summed E-state index contributed by atoms with van der Waals surface area (Å²) in [5.74, 6) is 0.174. The second kappa shape index (κ2) is 6.75. The van der Waals surface area contributed by atoms with Crippen LogP contribution in [0, 0.1) is 0 Å². The Balaban J connectivity index is 1.53. The van der Waals surface area contributed by atoms with Gasteiger partial charge in [0.1, 0.15) is 0 Å². The average molecular weight is 303 g/mol. The van der Waals surface area contributed by atoms with E-state index in [1.54, 1.807) is 12.4 Å². The first-order valence-corrected chi connectivity index (χ1v) is 8.26. The zero-order valence-electron chi connectivity index (χ0n) is 13.4. The van der Waals surface area contributed by atoms with E-state index in [0.717, 1.165) is 37.9 Å². The molecule has 1 amide bonds. The van der Waals surface area contributed by atoms with Crippen molar-refractivity contribution in [3.8, 4) is 0 Å². The molecule has 1 saturated carbocycles. The number of nitrogens with zero attached hydrogens (tertiary/aromatic N) is 2. The summed E-state index contributed by atoms with van der Waals surface area (Å²) in [5.41, 5.74) is 0.897. The van der Waals surface area contributed by atoms with E-state index in [1.165, 1.54) is 0 Å². The molecule has 2 fully saturated rings. The normalized spacial score (nSPS) is 28.8. The highest BCUT2D eigenvalue weighted by Crippen LogP contribution is 2.27. The minimum atomic E-state index is -0.0704. The van der Waals surface area contributed by atoms with E-state index in [-0.39, 0.29) is 18.1 Å². The first-order valence-electron chi connectivity index (χ1n) is 8.26. The van der Waals surface area contributed by atoms with E-state index < -0.39 is 0 Å². The monoisotopic (exact) mass is 303 g/mol. The van der Waals surface area contributed by atoms with Gasteiger partial charge < -0.3 is 15.0 Å². The summed E-state index contributed by atoms with van der Waals surface area (Å²) in [6.45, 7) is 4.92.